The lowest BCUT2D eigenvalue weighted by Gasteiger charge is -2.30. The number of halogens is 1. The molecule has 1 aromatic rings. The van der Waals surface area contributed by atoms with Gasteiger partial charge >= 0.3 is 5.97 Å². The SMILES string of the molecule is O=C(O)CC1CNCCCN1c1cccc(F)c1. The van der Waals surface area contributed by atoms with Crippen molar-refractivity contribution in [1.82, 2.24) is 5.32 Å². The van der Waals surface area contributed by atoms with Gasteiger partial charge < -0.3 is 15.3 Å². The van der Waals surface area contributed by atoms with Gasteiger partial charge in [0.2, 0.25) is 0 Å². The third-order valence-corrected chi connectivity index (χ3v) is 3.12. The Bertz CT molecular complexity index is 425. The Balaban J connectivity index is 2.22. The van der Waals surface area contributed by atoms with E-state index in [2.05, 4.69) is 5.32 Å². The van der Waals surface area contributed by atoms with Crippen molar-refractivity contribution in [2.75, 3.05) is 24.5 Å². The summed E-state index contributed by atoms with van der Waals surface area (Å²) in [5, 5.41) is 12.2. The second-order valence-corrected chi connectivity index (χ2v) is 4.48. The van der Waals surface area contributed by atoms with Crippen LogP contribution in [0.1, 0.15) is 12.8 Å². The van der Waals surface area contributed by atoms with E-state index in [1.54, 1.807) is 6.07 Å². The fourth-order valence-electron chi connectivity index (χ4n) is 2.31. The molecule has 0 radical (unpaired) electrons. The average Bonchev–Trinajstić information content (AvgIpc) is 2.54. The molecule has 2 N–H and O–H groups in total. The number of hydrogen-bond acceptors (Lipinski definition) is 3. The van der Waals surface area contributed by atoms with Crippen LogP contribution in [0.25, 0.3) is 0 Å². The standard InChI is InChI=1S/C13H17FN2O2/c14-10-3-1-4-11(7-10)16-6-2-5-15-9-12(16)8-13(17)18/h1,3-4,7,12,15H,2,5-6,8-9H2,(H,17,18). The molecule has 1 aliphatic rings. The molecular weight excluding hydrogens is 235 g/mol. The molecule has 1 unspecified atom stereocenters. The Morgan fingerprint density at radius 3 is 3.11 bits per heavy atom. The van der Waals surface area contributed by atoms with Crippen LogP contribution in [0, 0.1) is 5.82 Å². The number of anilines is 1. The summed E-state index contributed by atoms with van der Waals surface area (Å²) < 4.78 is 13.3. The molecule has 1 heterocycles. The highest BCUT2D eigenvalue weighted by atomic mass is 19.1. The zero-order valence-electron chi connectivity index (χ0n) is 10.1. The molecule has 1 fully saturated rings. The maximum atomic E-state index is 13.3. The summed E-state index contributed by atoms with van der Waals surface area (Å²) >= 11 is 0. The van der Waals surface area contributed by atoms with Gasteiger partial charge in [0.25, 0.3) is 0 Å². The van der Waals surface area contributed by atoms with Crippen molar-refractivity contribution in [2.45, 2.75) is 18.9 Å². The molecule has 0 aromatic heterocycles. The van der Waals surface area contributed by atoms with Crippen LogP contribution in [-0.2, 0) is 4.79 Å². The Labute approximate surface area is 105 Å². The monoisotopic (exact) mass is 252 g/mol. The molecule has 2 rings (SSSR count). The molecule has 0 bridgehead atoms. The van der Waals surface area contributed by atoms with Crippen molar-refractivity contribution in [3.63, 3.8) is 0 Å². The lowest BCUT2D eigenvalue weighted by atomic mass is 10.1. The molecule has 18 heavy (non-hydrogen) atoms. The molecule has 98 valence electrons. The zero-order chi connectivity index (χ0) is 13.0. The Hall–Kier alpha value is -1.62. The second-order valence-electron chi connectivity index (χ2n) is 4.48. The van der Waals surface area contributed by atoms with Crippen LogP contribution >= 0.6 is 0 Å². The fourth-order valence-corrected chi connectivity index (χ4v) is 2.31. The first kappa shape index (κ1) is 12.8. The molecule has 0 amide bonds. The van der Waals surface area contributed by atoms with E-state index in [4.69, 9.17) is 5.11 Å². The number of aliphatic carboxylic acids is 1. The van der Waals surface area contributed by atoms with E-state index in [0.29, 0.717) is 6.54 Å². The summed E-state index contributed by atoms with van der Waals surface area (Å²) in [6.07, 6.45) is 0.982. The van der Waals surface area contributed by atoms with Crippen molar-refractivity contribution >= 4 is 11.7 Å². The van der Waals surface area contributed by atoms with E-state index in [-0.39, 0.29) is 18.3 Å². The van der Waals surface area contributed by atoms with E-state index in [1.165, 1.54) is 12.1 Å². The number of carboxylic acid groups (broad SMARTS) is 1. The first-order valence-electron chi connectivity index (χ1n) is 6.11. The summed E-state index contributed by atoms with van der Waals surface area (Å²) in [5.74, 6) is -1.12. The zero-order valence-corrected chi connectivity index (χ0v) is 10.1. The van der Waals surface area contributed by atoms with Crippen molar-refractivity contribution in [3.05, 3.63) is 30.1 Å². The summed E-state index contributed by atoms with van der Waals surface area (Å²) in [6.45, 7) is 2.22. The van der Waals surface area contributed by atoms with Crippen LogP contribution in [0.5, 0.6) is 0 Å². The van der Waals surface area contributed by atoms with Gasteiger partial charge in [0.1, 0.15) is 5.82 Å². The largest absolute Gasteiger partial charge is 0.481 e. The third kappa shape index (κ3) is 3.20. The van der Waals surface area contributed by atoms with Crippen LogP contribution < -0.4 is 10.2 Å². The van der Waals surface area contributed by atoms with Gasteiger partial charge in [-0.1, -0.05) is 6.07 Å². The van der Waals surface area contributed by atoms with Gasteiger partial charge in [0.15, 0.2) is 0 Å². The highest BCUT2D eigenvalue weighted by molar-refractivity contribution is 5.68. The molecule has 1 saturated heterocycles. The summed E-state index contributed by atoms with van der Waals surface area (Å²) in [5.41, 5.74) is 0.755. The average molecular weight is 252 g/mol. The molecule has 5 heteroatoms. The number of benzene rings is 1. The van der Waals surface area contributed by atoms with E-state index < -0.39 is 5.97 Å². The van der Waals surface area contributed by atoms with Crippen molar-refractivity contribution < 1.29 is 14.3 Å². The van der Waals surface area contributed by atoms with E-state index in [0.717, 1.165) is 25.2 Å². The van der Waals surface area contributed by atoms with Gasteiger partial charge in [-0.05, 0) is 31.2 Å². The molecule has 0 aliphatic carbocycles. The number of hydrogen-bond donors (Lipinski definition) is 2. The molecule has 1 aromatic carbocycles. The van der Waals surface area contributed by atoms with Gasteiger partial charge in [-0.15, -0.1) is 0 Å². The Morgan fingerprint density at radius 1 is 1.56 bits per heavy atom. The molecule has 1 aliphatic heterocycles. The van der Waals surface area contributed by atoms with Gasteiger partial charge in [0.05, 0.1) is 12.5 Å². The second kappa shape index (κ2) is 5.82. The third-order valence-electron chi connectivity index (χ3n) is 3.12. The summed E-state index contributed by atoms with van der Waals surface area (Å²) in [6, 6.07) is 6.20. The Morgan fingerprint density at radius 2 is 2.39 bits per heavy atom. The van der Waals surface area contributed by atoms with Crippen LogP contribution in [0.3, 0.4) is 0 Å². The van der Waals surface area contributed by atoms with Gasteiger partial charge in [-0.3, -0.25) is 4.79 Å². The van der Waals surface area contributed by atoms with Gasteiger partial charge in [-0.2, -0.15) is 0 Å². The highest BCUT2D eigenvalue weighted by Crippen LogP contribution is 2.21. The van der Waals surface area contributed by atoms with Crippen molar-refractivity contribution in [1.29, 1.82) is 0 Å². The normalized spacial score (nSPS) is 20.5. The number of carbonyl (C=O) groups is 1. The first-order valence-corrected chi connectivity index (χ1v) is 6.11. The predicted octanol–water partition coefficient (Wildman–Crippen LogP) is 1.47. The predicted molar refractivity (Wildman–Crippen MR) is 67.3 cm³/mol. The smallest absolute Gasteiger partial charge is 0.305 e. The molecule has 0 spiro atoms. The number of rotatable bonds is 3. The lowest BCUT2D eigenvalue weighted by Crippen LogP contribution is -2.41. The minimum atomic E-state index is -0.829. The minimum Gasteiger partial charge on any atom is -0.481 e. The number of nitrogens with zero attached hydrogens (tertiary/aromatic N) is 1. The van der Waals surface area contributed by atoms with Gasteiger partial charge in [-0.25, -0.2) is 4.39 Å². The fraction of sp³-hybridized carbons (Fsp3) is 0.462. The molecular formula is C13H17FN2O2. The quantitative estimate of drug-likeness (QED) is 0.855. The minimum absolute atomic E-state index is 0.0590. The number of carboxylic acids is 1. The lowest BCUT2D eigenvalue weighted by molar-refractivity contribution is -0.137. The highest BCUT2D eigenvalue weighted by Gasteiger charge is 2.23. The molecule has 1 atom stereocenters. The first-order chi connectivity index (χ1) is 8.66. The van der Waals surface area contributed by atoms with Crippen LogP contribution in [0.15, 0.2) is 24.3 Å². The summed E-state index contributed by atoms with van der Waals surface area (Å²) in [4.78, 5) is 12.9. The topological polar surface area (TPSA) is 52.6 Å². The molecule has 4 nitrogen and oxygen atoms in total. The van der Waals surface area contributed by atoms with E-state index >= 15 is 0 Å². The Kier molecular flexibility index (Phi) is 4.15. The van der Waals surface area contributed by atoms with Crippen molar-refractivity contribution in [2.24, 2.45) is 0 Å². The molecule has 0 saturated carbocycles. The summed E-state index contributed by atoms with van der Waals surface area (Å²) in [7, 11) is 0. The van der Waals surface area contributed by atoms with E-state index in [1.807, 2.05) is 11.0 Å². The van der Waals surface area contributed by atoms with Crippen LogP contribution in [0.4, 0.5) is 10.1 Å². The van der Waals surface area contributed by atoms with E-state index in [9.17, 15) is 9.18 Å². The van der Waals surface area contributed by atoms with Crippen LogP contribution in [-0.4, -0.2) is 36.8 Å². The number of nitrogens with one attached hydrogen (secondary N) is 1. The van der Waals surface area contributed by atoms with Crippen LogP contribution in [0.2, 0.25) is 0 Å². The van der Waals surface area contributed by atoms with Crippen molar-refractivity contribution in [3.8, 4) is 0 Å². The van der Waals surface area contributed by atoms with Gasteiger partial charge in [0, 0.05) is 18.8 Å². The maximum Gasteiger partial charge on any atom is 0.305 e. The maximum absolute atomic E-state index is 13.3.